The molecule has 5 heteroatoms. The molecule has 0 aliphatic carbocycles. The number of hydrogen-bond donors (Lipinski definition) is 2. The lowest BCUT2D eigenvalue weighted by molar-refractivity contribution is 0.195. The normalized spacial score (nSPS) is 20.3. The van der Waals surface area contributed by atoms with Gasteiger partial charge in [0.2, 0.25) is 0 Å². The molecule has 0 bridgehead atoms. The van der Waals surface area contributed by atoms with Crippen molar-refractivity contribution < 1.29 is 4.74 Å². The first-order chi connectivity index (χ1) is 7.31. The number of aromatic nitrogens is 2. The van der Waals surface area contributed by atoms with Crippen LogP contribution in [0.2, 0.25) is 0 Å². The Morgan fingerprint density at radius 3 is 2.87 bits per heavy atom. The second-order valence-corrected chi connectivity index (χ2v) is 3.65. The predicted molar refractivity (Wildman–Crippen MR) is 59.2 cm³/mol. The molecule has 1 atom stereocenters. The van der Waals surface area contributed by atoms with Gasteiger partial charge in [0.25, 0.3) is 0 Å². The highest BCUT2D eigenvalue weighted by Crippen LogP contribution is 2.19. The summed E-state index contributed by atoms with van der Waals surface area (Å²) in [5.41, 5.74) is 1.05. The molecule has 1 saturated heterocycles. The van der Waals surface area contributed by atoms with Gasteiger partial charge in [-0.2, -0.15) is 0 Å². The number of hydrogen-bond acceptors (Lipinski definition) is 5. The van der Waals surface area contributed by atoms with E-state index in [2.05, 4.69) is 20.6 Å². The van der Waals surface area contributed by atoms with Crippen molar-refractivity contribution in [3.05, 3.63) is 11.9 Å². The Morgan fingerprint density at radius 1 is 1.40 bits per heavy atom. The number of rotatable bonds is 3. The monoisotopic (exact) mass is 208 g/mol. The topological polar surface area (TPSA) is 59.1 Å². The maximum absolute atomic E-state index is 5.30. The standard InChI is InChI=1S/C10H16N4O/c1-7-9(11-2)12-6-13-10(7)14-8-3-4-15-5-8/h6,8H,3-5H2,1-2H3,(H2,11,12,13,14). The first kappa shape index (κ1) is 10.2. The minimum atomic E-state index is 0.378. The second-order valence-electron chi connectivity index (χ2n) is 3.65. The minimum Gasteiger partial charge on any atom is -0.379 e. The first-order valence-electron chi connectivity index (χ1n) is 5.15. The van der Waals surface area contributed by atoms with Gasteiger partial charge in [-0.25, -0.2) is 9.97 Å². The molecule has 0 spiro atoms. The van der Waals surface area contributed by atoms with Crippen molar-refractivity contribution in [2.24, 2.45) is 0 Å². The molecule has 1 fully saturated rings. The molecule has 0 radical (unpaired) electrons. The smallest absolute Gasteiger partial charge is 0.134 e. The van der Waals surface area contributed by atoms with Crippen molar-refractivity contribution in [2.75, 3.05) is 30.9 Å². The third-order valence-corrected chi connectivity index (χ3v) is 2.59. The van der Waals surface area contributed by atoms with Gasteiger partial charge in [0.15, 0.2) is 0 Å². The second kappa shape index (κ2) is 4.44. The Balaban J connectivity index is 2.13. The summed E-state index contributed by atoms with van der Waals surface area (Å²) in [6.07, 6.45) is 2.61. The summed E-state index contributed by atoms with van der Waals surface area (Å²) >= 11 is 0. The van der Waals surface area contributed by atoms with E-state index < -0.39 is 0 Å². The van der Waals surface area contributed by atoms with Crippen molar-refractivity contribution in [3.8, 4) is 0 Å². The highest BCUT2D eigenvalue weighted by molar-refractivity contribution is 5.56. The Hall–Kier alpha value is -1.36. The van der Waals surface area contributed by atoms with Crippen molar-refractivity contribution in [3.63, 3.8) is 0 Å². The molecule has 1 aromatic rings. The van der Waals surface area contributed by atoms with Crippen LogP contribution in [-0.2, 0) is 4.74 Å². The molecule has 1 aromatic heterocycles. The molecule has 0 amide bonds. The largest absolute Gasteiger partial charge is 0.379 e. The maximum Gasteiger partial charge on any atom is 0.134 e. The third kappa shape index (κ3) is 2.18. The molecule has 2 N–H and O–H groups in total. The fraction of sp³-hybridized carbons (Fsp3) is 0.600. The van der Waals surface area contributed by atoms with Crippen LogP contribution in [-0.4, -0.2) is 36.3 Å². The van der Waals surface area contributed by atoms with Gasteiger partial charge in [-0.1, -0.05) is 0 Å². The Labute approximate surface area is 89.3 Å². The Morgan fingerprint density at radius 2 is 2.20 bits per heavy atom. The van der Waals surface area contributed by atoms with E-state index in [1.807, 2.05) is 14.0 Å². The summed E-state index contributed by atoms with van der Waals surface area (Å²) in [7, 11) is 1.86. The van der Waals surface area contributed by atoms with Gasteiger partial charge in [0, 0.05) is 19.2 Å². The van der Waals surface area contributed by atoms with E-state index in [1.54, 1.807) is 6.33 Å². The highest BCUT2D eigenvalue weighted by atomic mass is 16.5. The summed E-state index contributed by atoms with van der Waals surface area (Å²) in [5.74, 6) is 1.76. The van der Waals surface area contributed by atoms with Gasteiger partial charge < -0.3 is 15.4 Å². The van der Waals surface area contributed by atoms with Gasteiger partial charge in [0.05, 0.1) is 12.6 Å². The van der Waals surface area contributed by atoms with E-state index in [0.29, 0.717) is 6.04 Å². The summed E-state index contributed by atoms with van der Waals surface area (Å²) in [4.78, 5) is 8.37. The van der Waals surface area contributed by atoms with Crippen molar-refractivity contribution in [1.29, 1.82) is 0 Å². The summed E-state index contributed by atoms with van der Waals surface area (Å²) in [5, 5.41) is 6.41. The summed E-state index contributed by atoms with van der Waals surface area (Å²) in [6.45, 7) is 3.60. The first-order valence-corrected chi connectivity index (χ1v) is 5.15. The molecule has 1 aliphatic rings. The molecule has 5 nitrogen and oxygen atoms in total. The van der Waals surface area contributed by atoms with E-state index in [1.165, 1.54) is 0 Å². The number of ether oxygens (including phenoxy) is 1. The lowest BCUT2D eigenvalue weighted by Gasteiger charge is -2.14. The molecular formula is C10H16N4O. The van der Waals surface area contributed by atoms with Crippen molar-refractivity contribution >= 4 is 11.6 Å². The quantitative estimate of drug-likeness (QED) is 0.777. The minimum absolute atomic E-state index is 0.378. The van der Waals surface area contributed by atoms with Crippen LogP contribution in [0.5, 0.6) is 0 Å². The Kier molecular flexibility index (Phi) is 3.01. The lowest BCUT2D eigenvalue weighted by atomic mass is 10.2. The fourth-order valence-electron chi connectivity index (χ4n) is 1.69. The summed E-state index contributed by atoms with van der Waals surface area (Å²) < 4.78 is 5.30. The van der Waals surface area contributed by atoms with Crippen LogP contribution in [0, 0.1) is 6.92 Å². The van der Waals surface area contributed by atoms with E-state index in [4.69, 9.17) is 4.74 Å². The van der Waals surface area contributed by atoms with Crippen LogP contribution in [0.25, 0.3) is 0 Å². The van der Waals surface area contributed by atoms with Crippen LogP contribution in [0.1, 0.15) is 12.0 Å². The molecule has 15 heavy (non-hydrogen) atoms. The molecule has 1 unspecified atom stereocenters. The van der Waals surface area contributed by atoms with E-state index in [9.17, 15) is 0 Å². The van der Waals surface area contributed by atoms with Crippen molar-refractivity contribution in [1.82, 2.24) is 9.97 Å². The average molecular weight is 208 g/mol. The van der Waals surface area contributed by atoms with Crippen molar-refractivity contribution in [2.45, 2.75) is 19.4 Å². The zero-order chi connectivity index (χ0) is 10.7. The SMILES string of the molecule is CNc1ncnc(NC2CCOC2)c1C. The van der Waals surface area contributed by atoms with Crippen LogP contribution >= 0.6 is 0 Å². The zero-order valence-corrected chi connectivity index (χ0v) is 9.08. The predicted octanol–water partition coefficient (Wildman–Crippen LogP) is 1.03. The summed E-state index contributed by atoms with van der Waals surface area (Å²) in [6, 6.07) is 0.378. The van der Waals surface area contributed by atoms with Gasteiger partial charge in [0.1, 0.15) is 18.0 Å². The molecule has 2 heterocycles. The van der Waals surface area contributed by atoms with Gasteiger partial charge >= 0.3 is 0 Å². The Bertz CT molecular complexity index is 336. The number of anilines is 2. The lowest BCUT2D eigenvalue weighted by Crippen LogP contribution is -2.20. The van der Waals surface area contributed by atoms with E-state index in [0.717, 1.165) is 36.8 Å². The zero-order valence-electron chi connectivity index (χ0n) is 9.08. The van der Waals surface area contributed by atoms with Crippen LogP contribution in [0.3, 0.4) is 0 Å². The third-order valence-electron chi connectivity index (χ3n) is 2.59. The number of nitrogens with zero attached hydrogens (tertiary/aromatic N) is 2. The van der Waals surface area contributed by atoms with E-state index >= 15 is 0 Å². The maximum atomic E-state index is 5.30. The molecular weight excluding hydrogens is 192 g/mol. The van der Waals surface area contributed by atoms with Crippen LogP contribution in [0.15, 0.2) is 6.33 Å². The van der Waals surface area contributed by atoms with E-state index in [-0.39, 0.29) is 0 Å². The molecule has 0 aromatic carbocycles. The van der Waals surface area contributed by atoms with Gasteiger partial charge in [-0.15, -0.1) is 0 Å². The molecule has 2 rings (SSSR count). The molecule has 0 saturated carbocycles. The van der Waals surface area contributed by atoms with Gasteiger partial charge in [-0.3, -0.25) is 0 Å². The van der Waals surface area contributed by atoms with Crippen LogP contribution in [0.4, 0.5) is 11.6 Å². The number of nitrogens with one attached hydrogen (secondary N) is 2. The average Bonchev–Trinajstić information content (AvgIpc) is 2.74. The molecule has 82 valence electrons. The highest BCUT2D eigenvalue weighted by Gasteiger charge is 2.17. The molecule has 1 aliphatic heterocycles. The van der Waals surface area contributed by atoms with Gasteiger partial charge in [-0.05, 0) is 13.3 Å². The van der Waals surface area contributed by atoms with Crippen LogP contribution < -0.4 is 10.6 Å². The fourth-order valence-corrected chi connectivity index (χ4v) is 1.69.